The summed E-state index contributed by atoms with van der Waals surface area (Å²) in [6, 6.07) is 16.0. The number of pyridine rings is 1. The number of hydrogen-bond donors (Lipinski definition) is 0. The van der Waals surface area contributed by atoms with Gasteiger partial charge in [0.2, 0.25) is 0 Å². The number of aryl methyl sites for hydroxylation is 1. The van der Waals surface area contributed by atoms with Crippen molar-refractivity contribution in [3.63, 3.8) is 0 Å². The molecule has 2 aromatic heterocycles. The van der Waals surface area contributed by atoms with Crippen molar-refractivity contribution >= 4 is 39.8 Å². The Bertz CT molecular complexity index is 1780. The zero-order valence-corrected chi connectivity index (χ0v) is 20.1. The molecule has 2 heteroatoms. The molecule has 2 nitrogen and oxygen atoms in total. The Morgan fingerprint density at radius 1 is 0.889 bits per heavy atom. The van der Waals surface area contributed by atoms with Gasteiger partial charge in [-0.15, -0.1) is 0 Å². The molecular formula is C34H26N2. The Kier molecular flexibility index (Phi) is 4.27. The summed E-state index contributed by atoms with van der Waals surface area (Å²) in [7, 11) is 0. The zero-order chi connectivity index (χ0) is 23.6. The van der Waals surface area contributed by atoms with E-state index in [1.165, 1.54) is 55.6 Å². The average Bonchev–Trinajstić information content (AvgIpc) is 3.15. The minimum Gasteiger partial charge on any atom is -0.295 e. The predicted molar refractivity (Wildman–Crippen MR) is 151 cm³/mol. The molecule has 0 aliphatic heterocycles. The van der Waals surface area contributed by atoms with Crippen molar-refractivity contribution in [1.82, 2.24) is 9.38 Å². The molecule has 8 rings (SSSR count). The highest BCUT2D eigenvalue weighted by Crippen LogP contribution is 2.44. The first-order valence-electron chi connectivity index (χ1n) is 13.1. The van der Waals surface area contributed by atoms with Crippen LogP contribution in [0.3, 0.4) is 0 Å². The van der Waals surface area contributed by atoms with Crippen molar-refractivity contribution in [2.24, 2.45) is 5.92 Å². The van der Waals surface area contributed by atoms with Gasteiger partial charge in [-0.2, -0.15) is 0 Å². The van der Waals surface area contributed by atoms with E-state index in [0.717, 1.165) is 37.0 Å². The van der Waals surface area contributed by atoms with Crippen molar-refractivity contribution in [2.75, 3.05) is 0 Å². The number of rotatable bonds is 1. The van der Waals surface area contributed by atoms with Gasteiger partial charge in [-0.1, -0.05) is 91.1 Å². The maximum atomic E-state index is 5.18. The van der Waals surface area contributed by atoms with Gasteiger partial charge in [0.05, 0.1) is 16.9 Å². The predicted octanol–water partition coefficient (Wildman–Crippen LogP) is 7.98. The molecule has 0 N–H and O–H groups in total. The average molecular weight is 463 g/mol. The van der Waals surface area contributed by atoms with Crippen LogP contribution in [0.1, 0.15) is 52.0 Å². The van der Waals surface area contributed by atoms with Gasteiger partial charge in [0.25, 0.3) is 0 Å². The minimum absolute atomic E-state index is 0.432. The van der Waals surface area contributed by atoms with Crippen LogP contribution in [0, 0.1) is 5.92 Å². The number of imidazole rings is 1. The van der Waals surface area contributed by atoms with Gasteiger partial charge in [-0.3, -0.25) is 4.40 Å². The summed E-state index contributed by atoms with van der Waals surface area (Å²) in [5.41, 5.74) is 14.3. The summed E-state index contributed by atoms with van der Waals surface area (Å²) in [6.07, 6.45) is 26.7. The van der Waals surface area contributed by atoms with Gasteiger partial charge in [-0.05, 0) is 64.8 Å². The van der Waals surface area contributed by atoms with Crippen LogP contribution in [0.25, 0.3) is 39.8 Å². The molecule has 2 aromatic carbocycles. The van der Waals surface area contributed by atoms with Gasteiger partial charge in [0, 0.05) is 23.3 Å². The second-order valence-corrected chi connectivity index (χ2v) is 10.2. The van der Waals surface area contributed by atoms with Crippen LogP contribution in [0.15, 0.2) is 91.1 Å². The lowest BCUT2D eigenvalue weighted by Crippen LogP contribution is -2.11. The number of allylic oxidation sites excluding steroid dienone is 9. The van der Waals surface area contributed by atoms with Crippen molar-refractivity contribution in [2.45, 2.75) is 25.7 Å². The lowest BCUT2D eigenvalue weighted by atomic mass is 9.75. The van der Waals surface area contributed by atoms with Gasteiger partial charge < -0.3 is 0 Å². The second kappa shape index (κ2) is 7.66. The molecule has 0 fully saturated rings. The van der Waals surface area contributed by atoms with Crippen LogP contribution < -0.4 is 0 Å². The number of fused-ring (bicyclic) bond motifs is 11. The largest absolute Gasteiger partial charge is 0.295 e. The van der Waals surface area contributed by atoms with Crippen LogP contribution in [0.4, 0.5) is 0 Å². The van der Waals surface area contributed by atoms with E-state index in [9.17, 15) is 0 Å². The summed E-state index contributed by atoms with van der Waals surface area (Å²) >= 11 is 0. The molecule has 0 radical (unpaired) electrons. The highest BCUT2D eigenvalue weighted by molar-refractivity contribution is 5.99. The second-order valence-electron chi connectivity index (χ2n) is 10.2. The Balaban J connectivity index is 1.43. The van der Waals surface area contributed by atoms with E-state index >= 15 is 0 Å². The van der Waals surface area contributed by atoms with Gasteiger partial charge >= 0.3 is 0 Å². The molecule has 0 amide bonds. The van der Waals surface area contributed by atoms with Crippen molar-refractivity contribution in [1.29, 1.82) is 0 Å². The fourth-order valence-electron chi connectivity index (χ4n) is 6.54. The SMILES string of the molecule is C1=CCc2c(nc3c4c(c5ccc(C6=CC7CC=CC=C7c7ccccc76)cc5n23)C=CCC4)C=C1. The number of aromatic nitrogens is 2. The summed E-state index contributed by atoms with van der Waals surface area (Å²) in [6.45, 7) is 0. The first-order valence-corrected chi connectivity index (χ1v) is 13.1. The van der Waals surface area contributed by atoms with Crippen LogP contribution in [0.5, 0.6) is 0 Å². The third-order valence-electron chi connectivity index (χ3n) is 8.19. The number of hydrogen-bond acceptors (Lipinski definition) is 1. The third-order valence-corrected chi connectivity index (χ3v) is 8.19. The topological polar surface area (TPSA) is 17.3 Å². The van der Waals surface area contributed by atoms with Crippen molar-refractivity contribution < 1.29 is 0 Å². The summed E-state index contributed by atoms with van der Waals surface area (Å²) in [5.74, 6) is 0.432. The van der Waals surface area contributed by atoms with Crippen LogP contribution in [0.2, 0.25) is 0 Å². The molecule has 0 saturated heterocycles. The zero-order valence-electron chi connectivity index (χ0n) is 20.1. The molecule has 4 aliphatic carbocycles. The Hall–Kier alpha value is -4.17. The standard InChI is InChI=1S/C34H26N2/c1-2-16-31-32(17-3-1)36-33-21-23(18-19-28(33)27-14-8-9-15-29(27)34(36)35-31)30-20-22-10-4-5-11-24(22)25-12-6-7-13-26(25)30/h1-8,11-14,16,18-22H,9-10,15,17H2. The van der Waals surface area contributed by atoms with E-state index in [1.807, 2.05) is 0 Å². The molecule has 2 heterocycles. The molecule has 0 bridgehead atoms. The molecule has 1 unspecified atom stereocenters. The molecule has 0 saturated carbocycles. The van der Waals surface area contributed by atoms with E-state index < -0.39 is 0 Å². The van der Waals surface area contributed by atoms with E-state index in [1.54, 1.807) is 0 Å². The fraction of sp³-hybridized carbons (Fsp3) is 0.147. The van der Waals surface area contributed by atoms with E-state index in [-0.39, 0.29) is 0 Å². The Morgan fingerprint density at radius 2 is 1.83 bits per heavy atom. The summed E-state index contributed by atoms with van der Waals surface area (Å²) < 4.78 is 2.45. The highest BCUT2D eigenvalue weighted by atomic mass is 15.0. The number of nitrogens with zero attached hydrogens (tertiary/aromatic N) is 2. The summed E-state index contributed by atoms with van der Waals surface area (Å²) in [4.78, 5) is 5.18. The first kappa shape index (κ1) is 20.1. The maximum absolute atomic E-state index is 5.18. The molecule has 4 aromatic rings. The van der Waals surface area contributed by atoms with Crippen LogP contribution in [-0.4, -0.2) is 9.38 Å². The fourth-order valence-corrected chi connectivity index (χ4v) is 6.54. The third kappa shape index (κ3) is 2.82. The molecule has 4 aliphatic rings. The van der Waals surface area contributed by atoms with E-state index in [0.29, 0.717) is 5.92 Å². The first-order chi connectivity index (χ1) is 17.9. The monoisotopic (exact) mass is 462 g/mol. The lowest BCUT2D eigenvalue weighted by molar-refractivity contribution is 0.839. The number of benzene rings is 2. The normalized spacial score (nSPS) is 19.4. The van der Waals surface area contributed by atoms with Crippen LogP contribution >= 0.6 is 0 Å². The Labute approximate surface area is 211 Å². The van der Waals surface area contributed by atoms with Gasteiger partial charge in [0.1, 0.15) is 5.65 Å². The van der Waals surface area contributed by atoms with Crippen molar-refractivity contribution in [3.8, 4) is 0 Å². The quantitative estimate of drug-likeness (QED) is 0.280. The van der Waals surface area contributed by atoms with E-state index in [4.69, 9.17) is 4.98 Å². The Morgan fingerprint density at radius 3 is 2.81 bits per heavy atom. The molecular weight excluding hydrogens is 436 g/mol. The van der Waals surface area contributed by atoms with Gasteiger partial charge in [-0.25, -0.2) is 4.98 Å². The van der Waals surface area contributed by atoms with E-state index in [2.05, 4.69) is 108 Å². The molecule has 1 atom stereocenters. The highest BCUT2D eigenvalue weighted by Gasteiger charge is 2.26. The van der Waals surface area contributed by atoms with Crippen LogP contribution in [-0.2, 0) is 12.8 Å². The maximum Gasteiger partial charge on any atom is 0.142 e. The lowest BCUT2D eigenvalue weighted by Gasteiger charge is -2.28. The molecule has 36 heavy (non-hydrogen) atoms. The summed E-state index contributed by atoms with van der Waals surface area (Å²) in [5, 5.41) is 1.32. The van der Waals surface area contributed by atoms with Gasteiger partial charge in [0.15, 0.2) is 0 Å². The smallest absolute Gasteiger partial charge is 0.142 e. The minimum atomic E-state index is 0.432. The molecule has 0 spiro atoms. The molecule has 172 valence electrons. The van der Waals surface area contributed by atoms with Crippen molar-refractivity contribution in [3.05, 3.63) is 130 Å².